The van der Waals surface area contributed by atoms with E-state index in [9.17, 15) is 9.59 Å². The smallest absolute Gasteiger partial charge is 0.337 e. The number of hydrogen-bond acceptors (Lipinski definition) is 5. The lowest BCUT2D eigenvalue weighted by atomic mass is 10.2. The van der Waals surface area contributed by atoms with E-state index in [2.05, 4.69) is 5.32 Å². The third-order valence-corrected chi connectivity index (χ3v) is 10.4. The van der Waals surface area contributed by atoms with Crippen LogP contribution in [0, 0.1) is 0 Å². The molecule has 0 amide bonds. The standard InChI is InChI=1S/C30H28NO4P/c1-34-29(32)27(31-23-15-7-3-8-16-23)28(30(33)35-2)36(24-17-9-4-10-18-24,25-19-11-5-12-20-25)26-21-13-6-14-22-26/h3-22,27,31H,1-2H3. The first kappa shape index (κ1) is 25.0. The van der Waals surface area contributed by atoms with E-state index < -0.39 is 24.9 Å². The van der Waals surface area contributed by atoms with Crippen LogP contribution >= 0.6 is 6.89 Å². The van der Waals surface area contributed by atoms with E-state index in [4.69, 9.17) is 9.47 Å². The van der Waals surface area contributed by atoms with Crippen molar-refractivity contribution >= 4 is 45.7 Å². The van der Waals surface area contributed by atoms with E-state index in [1.54, 1.807) is 0 Å². The Morgan fingerprint density at radius 2 is 1.00 bits per heavy atom. The van der Waals surface area contributed by atoms with E-state index in [1.165, 1.54) is 14.2 Å². The lowest BCUT2D eigenvalue weighted by Gasteiger charge is -2.34. The first-order chi connectivity index (χ1) is 17.6. The highest BCUT2D eigenvalue weighted by Crippen LogP contribution is 2.47. The molecule has 0 heterocycles. The van der Waals surface area contributed by atoms with Crippen molar-refractivity contribution in [1.29, 1.82) is 0 Å². The molecule has 0 bridgehead atoms. The Morgan fingerprint density at radius 3 is 1.36 bits per heavy atom. The summed E-state index contributed by atoms with van der Waals surface area (Å²) < 4.78 is 10.7. The number of carbonyl (C=O) groups excluding carboxylic acids is 2. The molecular formula is C30H28NO4P. The zero-order valence-electron chi connectivity index (χ0n) is 20.2. The van der Waals surface area contributed by atoms with Crippen LogP contribution in [0.15, 0.2) is 121 Å². The maximum atomic E-state index is 13.9. The molecule has 6 heteroatoms. The molecule has 4 rings (SSSR count). The van der Waals surface area contributed by atoms with E-state index in [0.29, 0.717) is 11.0 Å². The van der Waals surface area contributed by atoms with Gasteiger partial charge in [0.2, 0.25) is 0 Å². The molecule has 0 spiro atoms. The second kappa shape index (κ2) is 11.6. The second-order valence-corrected chi connectivity index (χ2v) is 11.4. The van der Waals surface area contributed by atoms with Crippen LogP contribution in [0.4, 0.5) is 5.69 Å². The molecule has 1 N–H and O–H groups in total. The van der Waals surface area contributed by atoms with Gasteiger partial charge in [-0.25, -0.2) is 9.59 Å². The van der Waals surface area contributed by atoms with Gasteiger partial charge in [0, 0.05) is 5.69 Å². The molecule has 0 aliphatic carbocycles. The van der Waals surface area contributed by atoms with Crippen LogP contribution in [-0.4, -0.2) is 37.5 Å². The number of methoxy groups -OCH3 is 2. The monoisotopic (exact) mass is 497 g/mol. The molecule has 4 aromatic carbocycles. The van der Waals surface area contributed by atoms with E-state index in [0.717, 1.165) is 15.9 Å². The van der Waals surface area contributed by atoms with Gasteiger partial charge in [0.15, 0.2) is 6.04 Å². The molecule has 0 aliphatic heterocycles. The minimum absolute atomic E-state index is 0.310. The maximum absolute atomic E-state index is 13.9. The minimum Gasteiger partial charge on any atom is -0.467 e. The summed E-state index contributed by atoms with van der Waals surface area (Å²) >= 11 is 0. The van der Waals surface area contributed by atoms with Gasteiger partial charge in [0.05, 0.1) is 19.5 Å². The number of para-hydroxylation sites is 1. The van der Waals surface area contributed by atoms with Crippen molar-refractivity contribution in [1.82, 2.24) is 0 Å². The van der Waals surface area contributed by atoms with Crippen molar-refractivity contribution in [3.8, 4) is 0 Å². The second-order valence-electron chi connectivity index (χ2n) is 8.02. The number of nitrogens with one attached hydrogen (secondary N) is 1. The Labute approximate surface area is 211 Å². The third-order valence-electron chi connectivity index (χ3n) is 5.98. The SMILES string of the molecule is COC(=O)C(C(Nc1ccccc1)C(=O)OC)=P(c1ccccc1)(c1ccccc1)c1ccccc1. The zero-order chi connectivity index (χ0) is 25.4. The van der Waals surface area contributed by atoms with Crippen molar-refractivity contribution < 1.29 is 19.1 Å². The van der Waals surface area contributed by atoms with Crippen LogP contribution < -0.4 is 21.2 Å². The lowest BCUT2D eigenvalue weighted by Crippen LogP contribution is -2.47. The van der Waals surface area contributed by atoms with Gasteiger partial charge in [-0.2, -0.15) is 0 Å². The highest BCUT2D eigenvalue weighted by Gasteiger charge is 2.41. The molecule has 1 unspecified atom stereocenters. The number of ether oxygens (including phenoxy) is 2. The molecule has 0 radical (unpaired) electrons. The highest BCUT2D eigenvalue weighted by atomic mass is 31.2. The average molecular weight is 498 g/mol. The van der Waals surface area contributed by atoms with Crippen molar-refractivity contribution in [2.75, 3.05) is 19.5 Å². The Hall–Kier alpha value is -4.08. The van der Waals surface area contributed by atoms with Crippen molar-refractivity contribution in [2.24, 2.45) is 0 Å². The Balaban J connectivity index is 2.23. The molecule has 182 valence electrons. The lowest BCUT2D eigenvalue weighted by molar-refractivity contribution is -0.141. The Bertz CT molecular complexity index is 1250. The third kappa shape index (κ3) is 4.84. The molecule has 0 aromatic heterocycles. The Kier molecular flexibility index (Phi) is 8.04. The zero-order valence-corrected chi connectivity index (χ0v) is 21.1. The van der Waals surface area contributed by atoms with Crippen LogP contribution in [0.25, 0.3) is 0 Å². The predicted molar refractivity (Wildman–Crippen MR) is 148 cm³/mol. The summed E-state index contributed by atoms with van der Waals surface area (Å²) in [6.07, 6.45) is 0. The van der Waals surface area contributed by atoms with Gasteiger partial charge in [-0.1, -0.05) is 109 Å². The summed E-state index contributed by atoms with van der Waals surface area (Å²) in [5.41, 5.74) is 0.682. The van der Waals surface area contributed by atoms with Gasteiger partial charge in [0.1, 0.15) is 0 Å². The van der Waals surface area contributed by atoms with Gasteiger partial charge in [-0.15, -0.1) is 0 Å². The summed E-state index contributed by atoms with van der Waals surface area (Å²) in [7, 11) is 2.67. The molecule has 0 saturated heterocycles. The minimum atomic E-state index is -2.92. The fourth-order valence-corrected chi connectivity index (χ4v) is 8.94. The first-order valence-electron chi connectivity index (χ1n) is 11.5. The van der Waals surface area contributed by atoms with Crippen LogP contribution in [0.3, 0.4) is 0 Å². The summed E-state index contributed by atoms with van der Waals surface area (Å²) in [5, 5.41) is 6.35. The number of carbonyl (C=O) groups is 2. The van der Waals surface area contributed by atoms with E-state index in [-0.39, 0.29) is 0 Å². The van der Waals surface area contributed by atoms with Crippen molar-refractivity contribution in [3.63, 3.8) is 0 Å². The van der Waals surface area contributed by atoms with Gasteiger partial charge >= 0.3 is 11.9 Å². The maximum Gasteiger partial charge on any atom is 0.337 e. The predicted octanol–water partition coefficient (Wildman–Crippen LogP) is 3.98. The number of hydrogen-bond donors (Lipinski definition) is 1. The van der Waals surface area contributed by atoms with Crippen LogP contribution in [0.5, 0.6) is 0 Å². The highest BCUT2D eigenvalue weighted by molar-refractivity contribution is 7.96. The number of anilines is 1. The number of rotatable bonds is 8. The molecule has 1 atom stereocenters. The molecular weight excluding hydrogens is 469 g/mol. The van der Waals surface area contributed by atoms with Crippen LogP contribution in [0.1, 0.15) is 0 Å². The van der Waals surface area contributed by atoms with Gasteiger partial charge in [-0.05, 0) is 34.9 Å². The molecule has 36 heavy (non-hydrogen) atoms. The van der Waals surface area contributed by atoms with Gasteiger partial charge < -0.3 is 14.8 Å². The van der Waals surface area contributed by atoms with Crippen molar-refractivity contribution in [2.45, 2.75) is 6.04 Å². The molecule has 0 saturated carbocycles. The summed E-state index contributed by atoms with van der Waals surface area (Å²) in [5.74, 6) is -1.15. The van der Waals surface area contributed by atoms with E-state index in [1.807, 2.05) is 121 Å². The van der Waals surface area contributed by atoms with Crippen LogP contribution in [0.2, 0.25) is 0 Å². The molecule has 4 aromatic rings. The fourth-order valence-electron chi connectivity index (χ4n) is 4.43. The normalized spacial score (nSPS) is 11.7. The summed E-state index contributed by atoms with van der Waals surface area (Å²) in [6.45, 7) is -2.92. The first-order valence-corrected chi connectivity index (χ1v) is 13.3. The topological polar surface area (TPSA) is 64.6 Å². The van der Waals surface area contributed by atoms with Crippen LogP contribution in [-0.2, 0) is 19.1 Å². The summed E-state index contributed by atoms with van der Waals surface area (Å²) in [4.78, 5) is 27.3. The fraction of sp³-hybridized carbons (Fsp3) is 0.100. The molecule has 0 aliphatic rings. The molecule has 0 fully saturated rings. The van der Waals surface area contributed by atoms with E-state index >= 15 is 0 Å². The average Bonchev–Trinajstić information content (AvgIpc) is 2.96. The Morgan fingerprint density at radius 1 is 0.611 bits per heavy atom. The van der Waals surface area contributed by atoms with Gasteiger partial charge in [-0.3, -0.25) is 0 Å². The number of benzene rings is 4. The van der Waals surface area contributed by atoms with Crippen molar-refractivity contribution in [3.05, 3.63) is 121 Å². The quantitative estimate of drug-likeness (QED) is 0.295. The summed E-state index contributed by atoms with van der Waals surface area (Å²) in [6, 6.07) is 37.7. The largest absolute Gasteiger partial charge is 0.467 e. The van der Waals surface area contributed by atoms with Gasteiger partial charge in [0.25, 0.3) is 0 Å². The molecule has 5 nitrogen and oxygen atoms in total. The number of esters is 2.